The SMILES string of the molecule is CC1CCCCN1CCCn1cnc2ccccc21. The highest BCUT2D eigenvalue weighted by atomic mass is 15.2. The Morgan fingerprint density at radius 1 is 1.21 bits per heavy atom. The molecule has 0 bridgehead atoms. The van der Waals surface area contributed by atoms with Gasteiger partial charge in [0.1, 0.15) is 0 Å². The fourth-order valence-electron chi connectivity index (χ4n) is 3.12. The van der Waals surface area contributed by atoms with Gasteiger partial charge in [0.15, 0.2) is 0 Å². The van der Waals surface area contributed by atoms with Gasteiger partial charge in [-0.3, -0.25) is 0 Å². The Kier molecular flexibility index (Phi) is 3.83. The van der Waals surface area contributed by atoms with Crippen LogP contribution >= 0.6 is 0 Å². The van der Waals surface area contributed by atoms with E-state index in [1.54, 1.807) is 0 Å². The van der Waals surface area contributed by atoms with Crippen LogP contribution in [0.5, 0.6) is 0 Å². The zero-order chi connectivity index (χ0) is 13.1. The number of fused-ring (bicyclic) bond motifs is 1. The van der Waals surface area contributed by atoms with Crippen molar-refractivity contribution >= 4 is 11.0 Å². The molecule has 1 saturated heterocycles. The summed E-state index contributed by atoms with van der Waals surface area (Å²) in [5, 5.41) is 0. The number of rotatable bonds is 4. The molecule has 1 aromatic heterocycles. The molecule has 0 aliphatic carbocycles. The second kappa shape index (κ2) is 5.74. The van der Waals surface area contributed by atoms with Gasteiger partial charge >= 0.3 is 0 Å². The molecule has 0 spiro atoms. The summed E-state index contributed by atoms with van der Waals surface area (Å²) in [5.74, 6) is 0. The molecule has 0 radical (unpaired) electrons. The molecule has 1 atom stereocenters. The summed E-state index contributed by atoms with van der Waals surface area (Å²) in [6.45, 7) is 5.94. The van der Waals surface area contributed by atoms with Crippen LogP contribution in [0.15, 0.2) is 30.6 Å². The Morgan fingerprint density at radius 3 is 3.00 bits per heavy atom. The van der Waals surface area contributed by atoms with E-state index in [1.165, 1.54) is 44.3 Å². The van der Waals surface area contributed by atoms with Gasteiger partial charge in [0.2, 0.25) is 0 Å². The molecule has 19 heavy (non-hydrogen) atoms. The average Bonchev–Trinajstić information content (AvgIpc) is 2.85. The lowest BCUT2D eigenvalue weighted by molar-refractivity contribution is 0.157. The highest BCUT2D eigenvalue weighted by molar-refractivity contribution is 5.74. The van der Waals surface area contributed by atoms with Crippen molar-refractivity contribution in [3.05, 3.63) is 30.6 Å². The summed E-state index contributed by atoms with van der Waals surface area (Å²) in [4.78, 5) is 7.09. The number of likely N-dealkylation sites (tertiary alicyclic amines) is 1. The lowest BCUT2D eigenvalue weighted by Crippen LogP contribution is -2.38. The van der Waals surface area contributed by atoms with Crippen molar-refractivity contribution in [2.24, 2.45) is 0 Å². The minimum absolute atomic E-state index is 0.772. The van der Waals surface area contributed by atoms with Crippen molar-refractivity contribution in [2.75, 3.05) is 13.1 Å². The Hall–Kier alpha value is -1.35. The predicted molar refractivity (Wildman–Crippen MR) is 79.2 cm³/mol. The van der Waals surface area contributed by atoms with E-state index in [1.807, 2.05) is 6.33 Å². The van der Waals surface area contributed by atoms with Crippen LogP contribution < -0.4 is 0 Å². The van der Waals surface area contributed by atoms with Gasteiger partial charge in [0.05, 0.1) is 17.4 Å². The van der Waals surface area contributed by atoms with Gasteiger partial charge in [-0.15, -0.1) is 0 Å². The van der Waals surface area contributed by atoms with Gasteiger partial charge in [-0.1, -0.05) is 18.6 Å². The number of benzene rings is 1. The Labute approximate surface area is 115 Å². The highest BCUT2D eigenvalue weighted by Gasteiger charge is 2.17. The standard InChI is InChI=1S/C16H23N3/c1-14-7-4-5-10-18(14)11-6-12-19-13-17-15-8-2-3-9-16(15)19/h2-3,8-9,13-14H,4-7,10-12H2,1H3. The van der Waals surface area contributed by atoms with Gasteiger partial charge in [0, 0.05) is 19.1 Å². The van der Waals surface area contributed by atoms with Crippen LogP contribution in [-0.4, -0.2) is 33.6 Å². The lowest BCUT2D eigenvalue weighted by atomic mass is 10.0. The van der Waals surface area contributed by atoms with E-state index in [0.29, 0.717) is 0 Å². The number of para-hydroxylation sites is 2. The summed E-state index contributed by atoms with van der Waals surface area (Å²) < 4.78 is 2.28. The van der Waals surface area contributed by atoms with Crippen LogP contribution in [0.25, 0.3) is 11.0 Å². The zero-order valence-corrected chi connectivity index (χ0v) is 11.8. The molecule has 1 unspecified atom stereocenters. The van der Waals surface area contributed by atoms with Crippen molar-refractivity contribution in [3.63, 3.8) is 0 Å². The van der Waals surface area contributed by atoms with Crippen LogP contribution in [0, 0.1) is 0 Å². The third-order valence-electron chi connectivity index (χ3n) is 4.31. The number of hydrogen-bond acceptors (Lipinski definition) is 2. The van der Waals surface area contributed by atoms with E-state index in [0.717, 1.165) is 18.1 Å². The zero-order valence-electron chi connectivity index (χ0n) is 11.8. The number of piperidine rings is 1. The molecule has 0 N–H and O–H groups in total. The summed E-state index contributed by atoms with van der Waals surface area (Å²) in [6, 6.07) is 9.15. The van der Waals surface area contributed by atoms with E-state index in [4.69, 9.17) is 0 Å². The fraction of sp³-hybridized carbons (Fsp3) is 0.562. The van der Waals surface area contributed by atoms with Crippen LogP contribution in [0.2, 0.25) is 0 Å². The molecule has 3 heteroatoms. The molecule has 1 aromatic carbocycles. The normalized spacial score (nSPS) is 21.0. The maximum Gasteiger partial charge on any atom is 0.0958 e. The van der Waals surface area contributed by atoms with E-state index in [-0.39, 0.29) is 0 Å². The van der Waals surface area contributed by atoms with Crippen molar-refractivity contribution < 1.29 is 0 Å². The molecular formula is C16H23N3. The van der Waals surface area contributed by atoms with Crippen LogP contribution in [-0.2, 0) is 6.54 Å². The molecular weight excluding hydrogens is 234 g/mol. The topological polar surface area (TPSA) is 21.1 Å². The number of aryl methyl sites for hydroxylation is 1. The van der Waals surface area contributed by atoms with Crippen LogP contribution in [0.3, 0.4) is 0 Å². The van der Waals surface area contributed by atoms with Crippen LogP contribution in [0.4, 0.5) is 0 Å². The number of hydrogen-bond donors (Lipinski definition) is 0. The largest absolute Gasteiger partial charge is 0.331 e. The van der Waals surface area contributed by atoms with E-state index in [9.17, 15) is 0 Å². The average molecular weight is 257 g/mol. The predicted octanol–water partition coefficient (Wildman–Crippen LogP) is 3.30. The minimum Gasteiger partial charge on any atom is -0.331 e. The molecule has 0 amide bonds. The van der Waals surface area contributed by atoms with Crippen LogP contribution in [0.1, 0.15) is 32.6 Å². The first-order valence-electron chi connectivity index (χ1n) is 7.48. The molecule has 3 nitrogen and oxygen atoms in total. The van der Waals surface area contributed by atoms with Gasteiger partial charge in [-0.2, -0.15) is 0 Å². The second-order valence-corrected chi connectivity index (χ2v) is 5.66. The first-order chi connectivity index (χ1) is 9.34. The van der Waals surface area contributed by atoms with Gasteiger partial charge in [-0.05, 0) is 44.9 Å². The third kappa shape index (κ3) is 2.81. The van der Waals surface area contributed by atoms with Crippen molar-refractivity contribution in [2.45, 2.75) is 45.2 Å². The molecule has 1 aliphatic heterocycles. The first-order valence-corrected chi connectivity index (χ1v) is 7.48. The smallest absolute Gasteiger partial charge is 0.0958 e. The number of imidazole rings is 1. The number of aromatic nitrogens is 2. The molecule has 2 heterocycles. The molecule has 1 aliphatic rings. The van der Waals surface area contributed by atoms with Gasteiger partial charge in [0.25, 0.3) is 0 Å². The maximum absolute atomic E-state index is 4.45. The Bertz CT molecular complexity index is 532. The van der Waals surface area contributed by atoms with Gasteiger partial charge in [-0.25, -0.2) is 4.98 Å². The molecule has 0 saturated carbocycles. The molecule has 3 rings (SSSR count). The van der Waals surface area contributed by atoms with Gasteiger partial charge < -0.3 is 9.47 Å². The quantitative estimate of drug-likeness (QED) is 0.838. The van der Waals surface area contributed by atoms with Crippen molar-refractivity contribution in [1.82, 2.24) is 14.5 Å². The lowest BCUT2D eigenvalue weighted by Gasteiger charge is -2.33. The Morgan fingerprint density at radius 2 is 2.11 bits per heavy atom. The Balaban J connectivity index is 1.57. The molecule has 1 fully saturated rings. The van der Waals surface area contributed by atoms with E-state index < -0.39 is 0 Å². The first kappa shape index (κ1) is 12.7. The third-order valence-corrected chi connectivity index (χ3v) is 4.31. The van der Waals surface area contributed by atoms with Crippen molar-refractivity contribution in [3.8, 4) is 0 Å². The summed E-state index contributed by atoms with van der Waals surface area (Å²) in [7, 11) is 0. The monoisotopic (exact) mass is 257 g/mol. The van der Waals surface area contributed by atoms with E-state index in [2.05, 4.69) is 45.6 Å². The highest BCUT2D eigenvalue weighted by Crippen LogP contribution is 2.17. The fourth-order valence-corrected chi connectivity index (χ4v) is 3.12. The molecule has 102 valence electrons. The second-order valence-electron chi connectivity index (χ2n) is 5.66. The minimum atomic E-state index is 0.772. The van der Waals surface area contributed by atoms with Crippen molar-refractivity contribution in [1.29, 1.82) is 0 Å². The number of nitrogens with zero attached hydrogens (tertiary/aromatic N) is 3. The summed E-state index contributed by atoms with van der Waals surface area (Å²) >= 11 is 0. The van der Waals surface area contributed by atoms with E-state index >= 15 is 0 Å². The molecule has 2 aromatic rings. The maximum atomic E-state index is 4.45. The summed E-state index contributed by atoms with van der Waals surface area (Å²) in [5.41, 5.74) is 2.36. The summed E-state index contributed by atoms with van der Waals surface area (Å²) in [6.07, 6.45) is 7.34.